The van der Waals surface area contributed by atoms with Crippen molar-refractivity contribution in [3.63, 3.8) is 0 Å². The Kier molecular flexibility index (Phi) is 2.82. The second kappa shape index (κ2) is 4.11. The highest BCUT2D eigenvalue weighted by molar-refractivity contribution is 6.18. The number of urea groups is 1. The molecule has 1 aliphatic heterocycles. The fourth-order valence-electron chi connectivity index (χ4n) is 1.84. The van der Waals surface area contributed by atoms with E-state index in [0.717, 1.165) is 5.69 Å². The van der Waals surface area contributed by atoms with Crippen LogP contribution in [0.1, 0.15) is 5.56 Å². The average Bonchev–Trinajstić information content (AvgIpc) is 2.25. The standard InChI is InChI=1S/C11H13ClN2O/c1-13-8-9-4-2-3-5-10(9)14(7-6-12)11(13)15/h2-5H,6-8H2,1H3. The quantitative estimate of drug-likeness (QED) is 0.708. The van der Waals surface area contributed by atoms with Gasteiger partial charge in [-0.1, -0.05) is 18.2 Å². The van der Waals surface area contributed by atoms with E-state index in [1.807, 2.05) is 24.3 Å². The molecule has 0 aromatic heterocycles. The molecule has 0 aliphatic carbocycles. The minimum absolute atomic E-state index is 0.0225. The molecule has 0 N–H and O–H groups in total. The molecule has 80 valence electrons. The topological polar surface area (TPSA) is 23.6 Å². The number of fused-ring (bicyclic) bond motifs is 1. The lowest BCUT2D eigenvalue weighted by molar-refractivity contribution is 0.211. The summed E-state index contributed by atoms with van der Waals surface area (Å²) in [7, 11) is 1.81. The molecule has 1 heterocycles. The number of carbonyl (C=O) groups is 1. The Morgan fingerprint density at radius 3 is 2.87 bits per heavy atom. The maximum absolute atomic E-state index is 11.9. The van der Waals surface area contributed by atoms with Crippen molar-refractivity contribution in [3.05, 3.63) is 29.8 Å². The molecule has 0 spiro atoms. The van der Waals surface area contributed by atoms with Crippen LogP contribution < -0.4 is 4.90 Å². The first-order valence-electron chi connectivity index (χ1n) is 4.90. The van der Waals surface area contributed by atoms with Crippen molar-refractivity contribution < 1.29 is 4.79 Å². The summed E-state index contributed by atoms with van der Waals surface area (Å²) in [5, 5.41) is 0. The Bertz CT molecular complexity index is 381. The van der Waals surface area contributed by atoms with Crippen molar-refractivity contribution in [2.24, 2.45) is 0 Å². The molecule has 0 unspecified atom stereocenters. The first kappa shape index (κ1) is 10.3. The molecular weight excluding hydrogens is 212 g/mol. The number of rotatable bonds is 2. The van der Waals surface area contributed by atoms with E-state index in [4.69, 9.17) is 11.6 Å². The van der Waals surface area contributed by atoms with Crippen molar-refractivity contribution in [1.29, 1.82) is 0 Å². The normalized spacial score (nSPS) is 15.5. The molecule has 0 saturated heterocycles. The summed E-state index contributed by atoms with van der Waals surface area (Å²) in [5.41, 5.74) is 2.16. The smallest absolute Gasteiger partial charge is 0.323 e. The Morgan fingerprint density at radius 2 is 2.13 bits per heavy atom. The molecule has 0 fully saturated rings. The second-order valence-electron chi connectivity index (χ2n) is 3.61. The molecule has 15 heavy (non-hydrogen) atoms. The molecular formula is C11H13ClN2O. The fraction of sp³-hybridized carbons (Fsp3) is 0.364. The number of benzene rings is 1. The molecule has 0 bridgehead atoms. The number of hydrogen-bond acceptors (Lipinski definition) is 1. The SMILES string of the molecule is CN1Cc2ccccc2N(CCCl)C1=O. The van der Waals surface area contributed by atoms with Crippen LogP contribution in [0.3, 0.4) is 0 Å². The summed E-state index contributed by atoms with van der Waals surface area (Å²) < 4.78 is 0. The van der Waals surface area contributed by atoms with E-state index >= 15 is 0 Å². The summed E-state index contributed by atoms with van der Waals surface area (Å²) in [6, 6.07) is 7.96. The van der Waals surface area contributed by atoms with Crippen molar-refractivity contribution in [1.82, 2.24) is 4.90 Å². The van der Waals surface area contributed by atoms with Crippen molar-refractivity contribution >= 4 is 23.3 Å². The zero-order chi connectivity index (χ0) is 10.8. The molecule has 1 aliphatic rings. The number of alkyl halides is 1. The molecule has 0 saturated carbocycles. The summed E-state index contributed by atoms with van der Waals surface area (Å²) >= 11 is 5.70. The Labute approximate surface area is 94.2 Å². The first-order chi connectivity index (χ1) is 7.24. The van der Waals surface area contributed by atoms with Crippen LogP contribution in [-0.2, 0) is 6.54 Å². The van der Waals surface area contributed by atoms with Gasteiger partial charge in [-0.15, -0.1) is 11.6 Å². The van der Waals surface area contributed by atoms with Crippen LogP contribution in [0.15, 0.2) is 24.3 Å². The number of carbonyl (C=O) groups excluding carboxylic acids is 1. The maximum Gasteiger partial charge on any atom is 0.324 e. The minimum atomic E-state index is 0.0225. The molecule has 0 radical (unpaired) electrons. The number of anilines is 1. The van der Waals surface area contributed by atoms with Gasteiger partial charge in [0.25, 0.3) is 0 Å². The predicted molar refractivity (Wildman–Crippen MR) is 61.4 cm³/mol. The van der Waals surface area contributed by atoms with Crippen LogP contribution in [0.25, 0.3) is 0 Å². The third-order valence-electron chi connectivity index (χ3n) is 2.56. The van der Waals surface area contributed by atoms with Gasteiger partial charge in [0.15, 0.2) is 0 Å². The number of amides is 2. The molecule has 2 rings (SSSR count). The van der Waals surface area contributed by atoms with E-state index in [0.29, 0.717) is 19.0 Å². The third-order valence-corrected chi connectivity index (χ3v) is 2.72. The van der Waals surface area contributed by atoms with Gasteiger partial charge in [-0.2, -0.15) is 0 Å². The summed E-state index contributed by atoms with van der Waals surface area (Å²) in [4.78, 5) is 15.3. The molecule has 3 nitrogen and oxygen atoms in total. The molecule has 1 aromatic rings. The van der Waals surface area contributed by atoms with Crippen LogP contribution >= 0.6 is 11.6 Å². The number of hydrogen-bond donors (Lipinski definition) is 0. The molecule has 4 heteroatoms. The lowest BCUT2D eigenvalue weighted by Gasteiger charge is -2.34. The van der Waals surface area contributed by atoms with Gasteiger partial charge >= 0.3 is 6.03 Å². The number of para-hydroxylation sites is 1. The van der Waals surface area contributed by atoms with Crippen molar-refractivity contribution in [2.75, 3.05) is 24.4 Å². The summed E-state index contributed by atoms with van der Waals surface area (Å²) in [5.74, 6) is 0.452. The fourth-order valence-corrected chi connectivity index (χ4v) is 2.01. The van der Waals surface area contributed by atoms with Crippen LogP contribution in [0, 0.1) is 0 Å². The van der Waals surface area contributed by atoms with Crippen LogP contribution in [0.4, 0.5) is 10.5 Å². The zero-order valence-corrected chi connectivity index (χ0v) is 9.37. The van der Waals surface area contributed by atoms with Crippen molar-refractivity contribution in [2.45, 2.75) is 6.54 Å². The third kappa shape index (κ3) is 1.79. The van der Waals surface area contributed by atoms with Gasteiger partial charge in [0.05, 0.1) is 5.69 Å². The maximum atomic E-state index is 11.9. The first-order valence-corrected chi connectivity index (χ1v) is 5.44. The monoisotopic (exact) mass is 224 g/mol. The molecule has 1 aromatic carbocycles. The summed E-state index contributed by atoms with van der Waals surface area (Å²) in [6.07, 6.45) is 0. The van der Waals surface area contributed by atoms with E-state index in [-0.39, 0.29) is 6.03 Å². The van der Waals surface area contributed by atoms with Crippen LogP contribution in [0.2, 0.25) is 0 Å². The Morgan fingerprint density at radius 1 is 1.40 bits per heavy atom. The highest BCUT2D eigenvalue weighted by atomic mass is 35.5. The predicted octanol–water partition coefficient (Wildman–Crippen LogP) is 2.30. The van der Waals surface area contributed by atoms with E-state index in [2.05, 4.69) is 0 Å². The Hall–Kier alpha value is -1.22. The van der Waals surface area contributed by atoms with Gasteiger partial charge in [-0.25, -0.2) is 4.79 Å². The van der Waals surface area contributed by atoms with E-state index in [9.17, 15) is 4.79 Å². The van der Waals surface area contributed by atoms with Gasteiger partial charge < -0.3 is 4.90 Å². The highest BCUT2D eigenvalue weighted by Gasteiger charge is 2.26. The van der Waals surface area contributed by atoms with Gasteiger partial charge in [0.2, 0.25) is 0 Å². The van der Waals surface area contributed by atoms with Crippen LogP contribution in [-0.4, -0.2) is 30.4 Å². The number of nitrogens with zero attached hydrogens (tertiary/aromatic N) is 2. The van der Waals surface area contributed by atoms with Crippen molar-refractivity contribution in [3.8, 4) is 0 Å². The molecule has 2 amide bonds. The lowest BCUT2D eigenvalue weighted by Crippen LogP contribution is -2.46. The van der Waals surface area contributed by atoms with Gasteiger partial charge in [0.1, 0.15) is 0 Å². The van der Waals surface area contributed by atoms with Gasteiger partial charge in [-0.3, -0.25) is 4.90 Å². The van der Waals surface area contributed by atoms with Gasteiger partial charge in [-0.05, 0) is 11.6 Å². The lowest BCUT2D eigenvalue weighted by atomic mass is 10.1. The Balaban J connectivity index is 2.40. The highest BCUT2D eigenvalue weighted by Crippen LogP contribution is 2.27. The second-order valence-corrected chi connectivity index (χ2v) is 3.99. The number of halogens is 1. The van der Waals surface area contributed by atoms with E-state index in [1.54, 1.807) is 16.8 Å². The minimum Gasteiger partial charge on any atom is -0.323 e. The van der Waals surface area contributed by atoms with Gasteiger partial charge in [0, 0.05) is 26.0 Å². The average molecular weight is 225 g/mol. The van der Waals surface area contributed by atoms with E-state index < -0.39 is 0 Å². The van der Waals surface area contributed by atoms with Crippen LogP contribution in [0.5, 0.6) is 0 Å². The molecule has 0 atom stereocenters. The largest absolute Gasteiger partial charge is 0.324 e. The summed E-state index contributed by atoms with van der Waals surface area (Å²) in [6.45, 7) is 1.23. The van der Waals surface area contributed by atoms with E-state index in [1.165, 1.54) is 5.56 Å². The zero-order valence-electron chi connectivity index (χ0n) is 8.61.